The molecular weight excluding hydrogens is 256 g/mol. The third kappa shape index (κ3) is 3.41. The number of hydrogen-bond acceptors (Lipinski definition) is 4. The number of halogens is 2. The number of rotatable bonds is 5. The largest absolute Gasteiger partial charge is 0.495 e. The van der Waals surface area contributed by atoms with E-state index in [0.29, 0.717) is 5.56 Å². The number of hydrogen-bond donors (Lipinski definition) is 0. The summed E-state index contributed by atoms with van der Waals surface area (Å²) in [7, 11) is 1.26. The SMILES string of the molecule is CCOC(=O)Cc1ccc(C(F)F)c(C#N)c1OC. The van der Waals surface area contributed by atoms with Gasteiger partial charge in [-0.1, -0.05) is 12.1 Å². The van der Waals surface area contributed by atoms with Gasteiger partial charge in [-0.25, -0.2) is 8.78 Å². The summed E-state index contributed by atoms with van der Waals surface area (Å²) >= 11 is 0. The first kappa shape index (κ1) is 14.9. The van der Waals surface area contributed by atoms with Crippen molar-refractivity contribution in [3.63, 3.8) is 0 Å². The van der Waals surface area contributed by atoms with Crippen LogP contribution in [-0.4, -0.2) is 19.7 Å². The van der Waals surface area contributed by atoms with Gasteiger partial charge in [-0.2, -0.15) is 5.26 Å². The maximum absolute atomic E-state index is 12.7. The zero-order valence-corrected chi connectivity index (χ0v) is 10.6. The molecule has 0 bridgehead atoms. The molecule has 4 nitrogen and oxygen atoms in total. The highest BCUT2D eigenvalue weighted by molar-refractivity contribution is 5.74. The van der Waals surface area contributed by atoms with Gasteiger partial charge in [0.15, 0.2) is 0 Å². The van der Waals surface area contributed by atoms with Crippen molar-refractivity contribution in [2.75, 3.05) is 13.7 Å². The average Bonchev–Trinajstić information content (AvgIpc) is 2.37. The lowest BCUT2D eigenvalue weighted by Gasteiger charge is -2.12. The molecule has 0 amide bonds. The van der Waals surface area contributed by atoms with Crippen molar-refractivity contribution < 1.29 is 23.0 Å². The molecule has 0 aliphatic rings. The van der Waals surface area contributed by atoms with Crippen LogP contribution in [0.3, 0.4) is 0 Å². The quantitative estimate of drug-likeness (QED) is 0.771. The second kappa shape index (κ2) is 6.69. The Morgan fingerprint density at radius 2 is 2.16 bits per heavy atom. The maximum Gasteiger partial charge on any atom is 0.310 e. The molecule has 1 aromatic rings. The summed E-state index contributed by atoms with van der Waals surface area (Å²) in [5.74, 6) is -0.511. The Bertz CT molecular complexity index is 509. The number of benzene rings is 1. The van der Waals surface area contributed by atoms with E-state index < -0.39 is 18.0 Å². The minimum Gasteiger partial charge on any atom is -0.495 e. The minimum atomic E-state index is -2.78. The predicted octanol–water partition coefficient (Wildman–Crippen LogP) is 2.61. The summed E-state index contributed by atoms with van der Waals surface area (Å²) in [5.41, 5.74) is -0.312. The predicted molar refractivity (Wildman–Crippen MR) is 63.0 cm³/mol. The van der Waals surface area contributed by atoms with Gasteiger partial charge >= 0.3 is 5.97 Å². The highest BCUT2D eigenvalue weighted by Crippen LogP contribution is 2.32. The molecule has 0 saturated carbocycles. The zero-order chi connectivity index (χ0) is 14.4. The van der Waals surface area contributed by atoms with Gasteiger partial charge in [0.1, 0.15) is 17.4 Å². The Hall–Kier alpha value is -2.16. The molecule has 0 aromatic heterocycles. The number of carbonyl (C=O) groups is 1. The third-order valence-corrected chi connectivity index (χ3v) is 2.46. The van der Waals surface area contributed by atoms with Crippen molar-refractivity contribution in [2.24, 2.45) is 0 Å². The molecule has 1 aromatic carbocycles. The van der Waals surface area contributed by atoms with Gasteiger partial charge < -0.3 is 9.47 Å². The molecule has 1 rings (SSSR count). The van der Waals surface area contributed by atoms with Crippen molar-refractivity contribution in [3.8, 4) is 11.8 Å². The first-order chi connectivity index (χ1) is 9.04. The highest BCUT2D eigenvalue weighted by atomic mass is 19.3. The van der Waals surface area contributed by atoms with Gasteiger partial charge in [-0.3, -0.25) is 4.79 Å². The van der Waals surface area contributed by atoms with Crippen LogP contribution >= 0.6 is 0 Å². The van der Waals surface area contributed by atoms with E-state index in [1.165, 1.54) is 13.2 Å². The molecule has 6 heteroatoms. The minimum absolute atomic E-state index is 0.00615. The van der Waals surface area contributed by atoms with Gasteiger partial charge in [0.2, 0.25) is 0 Å². The second-order valence-electron chi connectivity index (χ2n) is 3.62. The van der Waals surface area contributed by atoms with Crippen LogP contribution in [0, 0.1) is 11.3 Å². The van der Waals surface area contributed by atoms with Crippen LogP contribution in [0.1, 0.15) is 30.0 Å². The lowest BCUT2D eigenvalue weighted by molar-refractivity contribution is -0.142. The van der Waals surface area contributed by atoms with E-state index >= 15 is 0 Å². The molecule has 0 heterocycles. The fourth-order valence-electron chi connectivity index (χ4n) is 1.68. The molecule has 0 aliphatic heterocycles. The maximum atomic E-state index is 12.7. The Morgan fingerprint density at radius 3 is 2.63 bits per heavy atom. The number of carbonyl (C=O) groups excluding carboxylic acids is 1. The van der Waals surface area contributed by atoms with Crippen LogP contribution in [0.25, 0.3) is 0 Å². The van der Waals surface area contributed by atoms with Gasteiger partial charge in [-0.05, 0) is 6.92 Å². The highest BCUT2D eigenvalue weighted by Gasteiger charge is 2.21. The van der Waals surface area contributed by atoms with E-state index in [1.807, 2.05) is 0 Å². The summed E-state index contributed by atoms with van der Waals surface area (Å²) < 4.78 is 35.2. The van der Waals surface area contributed by atoms with Crippen LogP contribution < -0.4 is 4.74 Å². The van der Waals surface area contributed by atoms with Gasteiger partial charge in [-0.15, -0.1) is 0 Å². The first-order valence-electron chi connectivity index (χ1n) is 5.58. The summed E-state index contributed by atoms with van der Waals surface area (Å²) in [6.07, 6.45) is -2.91. The second-order valence-corrected chi connectivity index (χ2v) is 3.62. The number of alkyl halides is 2. The van der Waals surface area contributed by atoms with E-state index in [9.17, 15) is 13.6 Å². The van der Waals surface area contributed by atoms with Gasteiger partial charge in [0, 0.05) is 11.1 Å². The number of methoxy groups -OCH3 is 1. The van der Waals surface area contributed by atoms with Crippen LogP contribution in [0.4, 0.5) is 8.78 Å². The Balaban J connectivity index is 3.21. The van der Waals surface area contributed by atoms with Gasteiger partial charge in [0.05, 0.1) is 20.1 Å². The van der Waals surface area contributed by atoms with Crippen LogP contribution in [0.15, 0.2) is 12.1 Å². The molecule has 19 heavy (non-hydrogen) atoms. The summed E-state index contributed by atoms with van der Waals surface area (Å²) in [6.45, 7) is 1.89. The normalized spacial score (nSPS) is 10.1. The lowest BCUT2D eigenvalue weighted by Crippen LogP contribution is -2.10. The van der Waals surface area contributed by atoms with Gasteiger partial charge in [0.25, 0.3) is 6.43 Å². The Morgan fingerprint density at radius 1 is 1.47 bits per heavy atom. The van der Waals surface area contributed by atoms with Crippen molar-refractivity contribution in [1.82, 2.24) is 0 Å². The number of nitriles is 1. The van der Waals surface area contributed by atoms with Crippen molar-refractivity contribution in [3.05, 3.63) is 28.8 Å². The molecule has 0 aliphatic carbocycles. The van der Waals surface area contributed by atoms with E-state index in [-0.39, 0.29) is 24.3 Å². The molecule has 102 valence electrons. The van der Waals surface area contributed by atoms with Crippen LogP contribution in [-0.2, 0) is 16.0 Å². The fraction of sp³-hybridized carbons (Fsp3) is 0.385. The number of esters is 1. The summed E-state index contributed by atoms with van der Waals surface area (Å²) in [5, 5.41) is 8.96. The summed E-state index contributed by atoms with van der Waals surface area (Å²) in [4.78, 5) is 11.4. The Kier molecular flexibility index (Phi) is 5.24. The lowest BCUT2D eigenvalue weighted by atomic mass is 10.0. The summed E-state index contributed by atoms with van der Waals surface area (Å²) in [6, 6.07) is 4.16. The molecule has 0 saturated heterocycles. The molecular formula is C13H13F2NO3. The van der Waals surface area contributed by atoms with E-state index in [4.69, 9.17) is 14.7 Å². The van der Waals surface area contributed by atoms with Crippen molar-refractivity contribution >= 4 is 5.97 Å². The standard InChI is InChI=1S/C13H13F2NO3/c1-3-19-11(17)6-8-4-5-9(13(14)15)10(7-16)12(8)18-2/h4-5,13H,3,6H2,1-2H3. The van der Waals surface area contributed by atoms with E-state index in [1.54, 1.807) is 13.0 Å². The van der Waals surface area contributed by atoms with Crippen LogP contribution in [0.2, 0.25) is 0 Å². The molecule has 0 atom stereocenters. The third-order valence-electron chi connectivity index (χ3n) is 2.46. The molecule has 0 unspecified atom stereocenters. The molecule has 0 N–H and O–H groups in total. The Labute approximate surface area is 109 Å². The molecule has 0 radical (unpaired) electrons. The topological polar surface area (TPSA) is 59.3 Å². The first-order valence-corrected chi connectivity index (χ1v) is 5.58. The number of ether oxygens (including phenoxy) is 2. The average molecular weight is 269 g/mol. The van der Waals surface area contributed by atoms with Crippen molar-refractivity contribution in [1.29, 1.82) is 5.26 Å². The van der Waals surface area contributed by atoms with Crippen LogP contribution in [0.5, 0.6) is 5.75 Å². The molecule has 0 fully saturated rings. The van der Waals surface area contributed by atoms with E-state index in [0.717, 1.165) is 6.07 Å². The zero-order valence-electron chi connectivity index (χ0n) is 10.6. The monoisotopic (exact) mass is 269 g/mol. The fourth-order valence-corrected chi connectivity index (χ4v) is 1.68. The van der Waals surface area contributed by atoms with E-state index in [2.05, 4.69) is 0 Å². The van der Waals surface area contributed by atoms with Crippen molar-refractivity contribution in [2.45, 2.75) is 19.8 Å². The smallest absolute Gasteiger partial charge is 0.310 e. The molecule has 0 spiro atoms. The number of nitrogens with zero attached hydrogens (tertiary/aromatic N) is 1.